The quantitative estimate of drug-likeness (QED) is 0.630. The highest BCUT2D eigenvalue weighted by molar-refractivity contribution is 6.02. The number of para-hydroxylation sites is 1. The molecule has 0 aliphatic heterocycles. The van der Waals surface area contributed by atoms with Crippen molar-refractivity contribution in [3.05, 3.63) is 66.1 Å². The Bertz CT molecular complexity index is 910. The molecule has 0 bridgehead atoms. The number of carbonyl (C=O) groups excluding carboxylic acids is 1. The summed E-state index contributed by atoms with van der Waals surface area (Å²) < 4.78 is 27.0. The van der Waals surface area contributed by atoms with Gasteiger partial charge in [-0.15, -0.1) is 0 Å². The molecule has 1 heterocycles. The highest BCUT2D eigenvalue weighted by Crippen LogP contribution is 2.40. The molecule has 146 valence electrons. The van der Waals surface area contributed by atoms with Gasteiger partial charge in [-0.1, -0.05) is 18.2 Å². The lowest BCUT2D eigenvalue weighted by Gasteiger charge is -2.14. The van der Waals surface area contributed by atoms with Crippen LogP contribution in [0, 0.1) is 0 Å². The van der Waals surface area contributed by atoms with Gasteiger partial charge in [0.2, 0.25) is 5.75 Å². The number of hydrogen-bond donors (Lipinski definition) is 1. The molecule has 0 aliphatic rings. The van der Waals surface area contributed by atoms with E-state index in [2.05, 4.69) is 5.32 Å². The van der Waals surface area contributed by atoms with Gasteiger partial charge in [0, 0.05) is 17.8 Å². The summed E-state index contributed by atoms with van der Waals surface area (Å²) in [5, 5.41) is 2.76. The summed E-state index contributed by atoms with van der Waals surface area (Å²) in [7, 11) is 4.53. The minimum absolute atomic E-state index is 0.167. The van der Waals surface area contributed by atoms with Crippen molar-refractivity contribution in [1.29, 1.82) is 0 Å². The number of hydrogen-bond acceptors (Lipinski definition) is 6. The van der Waals surface area contributed by atoms with Crippen LogP contribution in [-0.2, 0) is 6.61 Å². The Balaban J connectivity index is 1.69. The first-order valence-electron chi connectivity index (χ1n) is 8.52. The minimum atomic E-state index is -0.403. The third-order valence-electron chi connectivity index (χ3n) is 3.93. The fourth-order valence-electron chi connectivity index (χ4n) is 2.59. The van der Waals surface area contributed by atoms with Crippen LogP contribution in [0.15, 0.2) is 59.0 Å². The van der Waals surface area contributed by atoms with Crippen molar-refractivity contribution in [2.24, 2.45) is 0 Å². The van der Waals surface area contributed by atoms with Crippen LogP contribution in [0.4, 0.5) is 5.69 Å². The van der Waals surface area contributed by atoms with Crippen LogP contribution in [0.5, 0.6) is 23.0 Å². The second-order valence-electron chi connectivity index (χ2n) is 5.74. The highest BCUT2D eigenvalue weighted by atomic mass is 16.5. The topological polar surface area (TPSA) is 79.2 Å². The van der Waals surface area contributed by atoms with E-state index in [1.54, 1.807) is 24.3 Å². The Morgan fingerprint density at radius 3 is 2.21 bits per heavy atom. The molecule has 28 heavy (non-hydrogen) atoms. The predicted molar refractivity (Wildman–Crippen MR) is 104 cm³/mol. The van der Waals surface area contributed by atoms with Crippen LogP contribution < -0.4 is 24.3 Å². The minimum Gasteiger partial charge on any atom is -0.493 e. The summed E-state index contributed by atoms with van der Waals surface area (Å²) in [5.74, 6) is 2.35. The molecule has 0 aliphatic carbocycles. The summed E-state index contributed by atoms with van der Waals surface area (Å²) in [5.41, 5.74) is 0.484. The lowest BCUT2D eigenvalue weighted by atomic mass is 10.2. The fourth-order valence-corrected chi connectivity index (χ4v) is 2.59. The number of rotatable bonds is 8. The number of methoxy groups -OCH3 is 3. The fraction of sp³-hybridized carbons (Fsp3) is 0.190. The van der Waals surface area contributed by atoms with E-state index in [1.807, 2.05) is 30.3 Å². The first-order chi connectivity index (χ1) is 13.6. The van der Waals surface area contributed by atoms with Gasteiger partial charge in [0.05, 0.1) is 21.3 Å². The maximum Gasteiger partial charge on any atom is 0.291 e. The molecule has 1 amide bonds. The zero-order chi connectivity index (χ0) is 19.9. The molecule has 0 fully saturated rings. The number of ether oxygens (including phenoxy) is 4. The van der Waals surface area contributed by atoms with Crippen molar-refractivity contribution in [2.45, 2.75) is 6.61 Å². The Morgan fingerprint density at radius 1 is 0.929 bits per heavy atom. The molecule has 3 rings (SSSR count). The lowest BCUT2D eigenvalue weighted by molar-refractivity contribution is 0.0992. The van der Waals surface area contributed by atoms with E-state index in [4.69, 9.17) is 23.4 Å². The number of nitrogens with one attached hydrogen (secondary N) is 1. The van der Waals surface area contributed by atoms with Crippen LogP contribution in [0.3, 0.4) is 0 Å². The first kappa shape index (κ1) is 19.2. The van der Waals surface area contributed by atoms with Crippen LogP contribution in [-0.4, -0.2) is 27.2 Å². The molecule has 0 unspecified atom stereocenters. The van der Waals surface area contributed by atoms with Crippen molar-refractivity contribution in [3.8, 4) is 23.0 Å². The highest BCUT2D eigenvalue weighted by Gasteiger charge is 2.17. The number of amides is 1. The van der Waals surface area contributed by atoms with E-state index in [0.717, 1.165) is 5.75 Å². The maximum atomic E-state index is 12.5. The smallest absolute Gasteiger partial charge is 0.291 e. The SMILES string of the molecule is COc1cc(NC(=O)c2ccc(COc3ccccc3)o2)cc(OC)c1OC. The van der Waals surface area contributed by atoms with Crippen LogP contribution in [0.2, 0.25) is 0 Å². The van der Waals surface area contributed by atoms with Crippen LogP contribution >= 0.6 is 0 Å². The average molecular weight is 383 g/mol. The number of benzene rings is 2. The maximum absolute atomic E-state index is 12.5. The average Bonchev–Trinajstić information content (AvgIpc) is 3.21. The van der Waals surface area contributed by atoms with Gasteiger partial charge in [-0.3, -0.25) is 4.79 Å². The number of anilines is 1. The second-order valence-corrected chi connectivity index (χ2v) is 5.74. The predicted octanol–water partition coefficient (Wildman–Crippen LogP) is 4.14. The van der Waals surface area contributed by atoms with Crippen molar-refractivity contribution in [3.63, 3.8) is 0 Å². The third-order valence-corrected chi connectivity index (χ3v) is 3.93. The number of furan rings is 1. The van der Waals surface area contributed by atoms with Gasteiger partial charge in [0.25, 0.3) is 5.91 Å². The van der Waals surface area contributed by atoms with Crippen LogP contribution in [0.1, 0.15) is 16.3 Å². The van der Waals surface area contributed by atoms with Crippen molar-refractivity contribution in [1.82, 2.24) is 0 Å². The van der Waals surface area contributed by atoms with Gasteiger partial charge in [0.15, 0.2) is 17.3 Å². The summed E-state index contributed by atoms with van der Waals surface area (Å²) in [6.07, 6.45) is 0. The Morgan fingerprint density at radius 2 is 1.61 bits per heavy atom. The Labute approximate surface area is 162 Å². The van der Waals surface area contributed by atoms with Crippen LogP contribution in [0.25, 0.3) is 0 Å². The summed E-state index contributed by atoms with van der Waals surface area (Å²) in [4.78, 5) is 12.5. The Hall–Kier alpha value is -3.61. The normalized spacial score (nSPS) is 10.2. The van der Waals surface area contributed by atoms with E-state index >= 15 is 0 Å². The summed E-state index contributed by atoms with van der Waals surface area (Å²) in [6, 6.07) is 15.9. The largest absolute Gasteiger partial charge is 0.493 e. The van der Waals surface area contributed by atoms with E-state index in [9.17, 15) is 4.79 Å². The zero-order valence-electron chi connectivity index (χ0n) is 15.9. The van der Waals surface area contributed by atoms with E-state index < -0.39 is 5.91 Å². The molecule has 0 radical (unpaired) electrons. The molecule has 1 aromatic heterocycles. The van der Waals surface area contributed by atoms with Crippen molar-refractivity contribution in [2.75, 3.05) is 26.6 Å². The molecule has 3 aromatic rings. The van der Waals surface area contributed by atoms with Crippen molar-refractivity contribution < 1.29 is 28.2 Å². The molecule has 0 atom stereocenters. The summed E-state index contributed by atoms with van der Waals surface area (Å²) in [6.45, 7) is 0.224. The van der Waals surface area contributed by atoms with Gasteiger partial charge in [-0.25, -0.2) is 0 Å². The van der Waals surface area contributed by atoms with Gasteiger partial charge in [-0.2, -0.15) is 0 Å². The zero-order valence-corrected chi connectivity index (χ0v) is 15.9. The Kier molecular flexibility index (Phi) is 6.06. The van der Waals surface area contributed by atoms with E-state index in [-0.39, 0.29) is 12.4 Å². The van der Waals surface area contributed by atoms with Gasteiger partial charge < -0.3 is 28.7 Å². The molecule has 2 aromatic carbocycles. The van der Waals surface area contributed by atoms with E-state index in [0.29, 0.717) is 28.7 Å². The molecule has 1 N–H and O–H groups in total. The lowest BCUT2D eigenvalue weighted by Crippen LogP contribution is -2.11. The number of carbonyl (C=O) groups is 1. The second kappa shape index (κ2) is 8.85. The molecule has 0 saturated carbocycles. The molecule has 7 heteroatoms. The van der Waals surface area contributed by atoms with Gasteiger partial charge in [-0.05, 0) is 24.3 Å². The standard InChI is InChI=1S/C21H21NO6/c1-24-18-11-14(12-19(25-2)20(18)26-3)22-21(23)17-10-9-16(28-17)13-27-15-7-5-4-6-8-15/h4-12H,13H2,1-3H3,(H,22,23). The molecule has 0 saturated heterocycles. The monoisotopic (exact) mass is 383 g/mol. The van der Waals surface area contributed by atoms with Crippen molar-refractivity contribution >= 4 is 11.6 Å². The molecule has 0 spiro atoms. The summed E-state index contributed by atoms with van der Waals surface area (Å²) >= 11 is 0. The molecular weight excluding hydrogens is 362 g/mol. The third kappa shape index (κ3) is 4.37. The molecular formula is C21H21NO6. The van der Waals surface area contributed by atoms with Gasteiger partial charge >= 0.3 is 0 Å². The van der Waals surface area contributed by atoms with E-state index in [1.165, 1.54) is 21.3 Å². The molecule has 7 nitrogen and oxygen atoms in total. The first-order valence-corrected chi connectivity index (χ1v) is 8.52. The van der Waals surface area contributed by atoms with Gasteiger partial charge in [0.1, 0.15) is 18.1 Å².